The largest absolute Gasteiger partial charge is 0.550 e. The van der Waals surface area contributed by atoms with E-state index in [0.717, 1.165) is 18.5 Å². The number of aliphatic carboxylic acids is 1. The zero-order chi connectivity index (χ0) is 23.4. The summed E-state index contributed by atoms with van der Waals surface area (Å²) in [4.78, 5) is 41.4. The van der Waals surface area contributed by atoms with E-state index in [2.05, 4.69) is 10.2 Å². The number of hydrogen-bond acceptors (Lipinski definition) is 5. The highest BCUT2D eigenvalue weighted by atomic mass is 19.1. The molecule has 0 radical (unpaired) electrons. The molecule has 4 rings (SSSR count). The molecular weight excluding hydrogens is 425 g/mol. The summed E-state index contributed by atoms with van der Waals surface area (Å²) in [6.07, 6.45) is 2.48. The molecule has 1 aliphatic carbocycles. The van der Waals surface area contributed by atoms with Gasteiger partial charge in [0.1, 0.15) is 5.82 Å². The monoisotopic (exact) mass is 452 g/mol. The van der Waals surface area contributed by atoms with E-state index < -0.39 is 17.8 Å². The number of benzene rings is 2. The Labute approximate surface area is 192 Å². The zero-order valence-electron chi connectivity index (χ0n) is 18.3. The smallest absolute Gasteiger partial charge is 0.256 e. The number of nitrogens with one attached hydrogen (secondary N) is 1. The molecular formula is C25H27FN3O4-. The third-order valence-corrected chi connectivity index (χ3v) is 6.58. The number of para-hydroxylation sites is 1. The SMILES string of the molecule is O=C([O-])C1CCCCC1C(=O)Nc1ccccc1C(=O)N1CCN(c2ccc(F)cc2)CC1. The van der Waals surface area contributed by atoms with Crippen molar-refractivity contribution >= 4 is 29.2 Å². The van der Waals surface area contributed by atoms with Crippen LogP contribution in [0.15, 0.2) is 48.5 Å². The second kappa shape index (κ2) is 10.0. The second-order valence-electron chi connectivity index (χ2n) is 8.61. The maximum absolute atomic E-state index is 13.2. The molecule has 0 spiro atoms. The predicted molar refractivity (Wildman–Crippen MR) is 120 cm³/mol. The Hall–Kier alpha value is -3.42. The number of carbonyl (C=O) groups excluding carboxylic acids is 3. The van der Waals surface area contributed by atoms with Crippen LogP contribution in [0.25, 0.3) is 0 Å². The van der Waals surface area contributed by atoms with Crippen LogP contribution in [0, 0.1) is 17.7 Å². The van der Waals surface area contributed by atoms with Crippen LogP contribution in [-0.2, 0) is 9.59 Å². The molecule has 174 valence electrons. The van der Waals surface area contributed by atoms with Crippen molar-refractivity contribution in [1.82, 2.24) is 4.90 Å². The maximum Gasteiger partial charge on any atom is 0.256 e. The molecule has 2 unspecified atom stereocenters. The molecule has 7 nitrogen and oxygen atoms in total. The number of carbonyl (C=O) groups is 3. The molecule has 2 aliphatic rings. The third-order valence-electron chi connectivity index (χ3n) is 6.58. The Bertz CT molecular complexity index is 1020. The highest BCUT2D eigenvalue weighted by Crippen LogP contribution is 2.31. The van der Waals surface area contributed by atoms with Gasteiger partial charge in [-0.15, -0.1) is 0 Å². The molecule has 2 amide bonds. The van der Waals surface area contributed by atoms with Crippen LogP contribution >= 0.6 is 0 Å². The van der Waals surface area contributed by atoms with Crippen LogP contribution in [0.5, 0.6) is 0 Å². The van der Waals surface area contributed by atoms with Crippen molar-refractivity contribution in [1.29, 1.82) is 0 Å². The average Bonchev–Trinajstić information content (AvgIpc) is 2.84. The van der Waals surface area contributed by atoms with E-state index in [1.54, 1.807) is 41.3 Å². The molecule has 1 N–H and O–H groups in total. The van der Waals surface area contributed by atoms with E-state index in [-0.39, 0.29) is 17.6 Å². The van der Waals surface area contributed by atoms with Crippen molar-refractivity contribution in [2.24, 2.45) is 11.8 Å². The van der Waals surface area contributed by atoms with Gasteiger partial charge in [0.25, 0.3) is 5.91 Å². The Balaban J connectivity index is 1.43. The fraction of sp³-hybridized carbons (Fsp3) is 0.400. The first-order valence-electron chi connectivity index (χ1n) is 11.3. The standard InChI is InChI=1S/C25H28FN3O4/c26-17-9-11-18(12-10-17)28-13-15-29(16-14-28)24(31)21-7-3-4-8-22(21)27-23(30)19-5-1-2-6-20(19)25(32)33/h3-4,7-12,19-20H,1-2,5-6,13-16H2,(H,27,30)(H,32,33)/p-1. The summed E-state index contributed by atoms with van der Waals surface area (Å²) in [6.45, 7) is 2.21. The Morgan fingerprint density at radius 2 is 1.52 bits per heavy atom. The highest BCUT2D eigenvalue weighted by Gasteiger charge is 2.32. The molecule has 0 aromatic heterocycles. The molecule has 1 heterocycles. The lowest BCUT2D eigenvalue weighted by atomic mass is 9.78. The number of nitrogens with zero attached hydrogens (tertiary/aromatic N) is 2. The molecule has 2 fully saturated rings. The lowest BCUT2D eigenvalue weighted by Crippen LogP contribution is -2.49. The third kappa shape index (κ3) is 5.16. The van der Waals surface area contributed by atoms with Gasteiger partial charge < -0.3 is 25.0 Å². The summed E-state index contributed by atoms with van der Waals surface area (Å²) < 4.78 is 13.2. The van der Waals surface area contributed by atoms with Gasteiger partial charge in [-0.3, -0.25) is 9.59 Å². The van der Waals surface area contributed by atoms with Gasteiger partial charge in [0.15, 0.2) is 0 Å². The van der Waals surface area contributed by atoms with Crippen molar-refractivity contribution in [3.05, 3.63) is 59.9 Å². The summed E-state index contributed by atoms with van der Waals surface area (Å²) in [7, 11) is 0. The van der Waals surface area contributed by atoms with E-state index in [1.807, 2.05) is 0 Å². The minimum Gasteiger partial charge on any atom is -0.550 e. The summed E-state index contributed by atoms with van der Waals surface area (Å²) >= 11 is 0. The maximum atomic E-state index is 13.2. The first-order valence-corrected chi connectivity index (χ1v) is 11.3. The van der Waals surface area contributed by atoms with E-state index in [0.29, 0.717) is 50.3 Å². The van der Waals surface area contributed by atoms with Crippen LogP contribution in [0.2, 0.25) is 0 Å². The molecule has 33 heavy (non-hydrogen) atoms. The molecule has 2 atom stereocenters. The lowest BCUT2D eigenvalue weighted by Gasteiger charge is -2.36. The van der Waals surface area contributed by atoms with Gasteiger partial charge in [0.05, 0.1) is 11.3 Å². The Morgan fingerprint density at radius 1 is 0.879 bits per heavy atom. The number of carboxylic acid groups (broad SMARTS) is 1. The topological polar surface area (TPSA) is 92.8 Å². The van der Waals surface area contributed by atoms with Crippen LogP contribution in [-0.4, -0.2) is 48.9 Å². The molecule has 1 aliphatic heterocycles. The molecule has 0 bridgehead atoms. The molecule has 8 heteroatoms. The average molecular weight is 453 g/mol. The van der Waals surface area contributed by atoms with Gasteiger partial charge in [0, 0.05) is 49.7 Å². The number of rotatable bonds is 5. The fourth-order valence-corrected chi connectivity index (χ4v) is 4.72. The van der Waals surface area contributed by atoms with Gasteiger partial charge in [-0.1, -0.05) is 25.0 Å². The number of amides is 2. The Morgan fingerprint density at radius 3 is 2.18 bits per heavy atom. The first-order chi connectivity index (χ1) is 15.9. The number of piperazine rings is 1. The number of halogens is 1. The van der Waals surface area contributed by atoms with Crippen molar-refractivity contribution in [3.8, 4) is 0 Å². The van der Waals surface area contributed by atoms with E-state index in [4.69, 9.17) is 0 Å². The summed E-state index contributed by atoms with van der Waals surface area (Å²) in [5.41, 5.74) is 1.67. The lowest BCUT2D eigenvalue weighted by molar-refractivity contribution is -0.313. The molecule has 1 saturated heterocycles. The first kappa shape index (κ1) is 22.8. The number of anilines is 2. The highest BCUT2D eigenvalue weighted by molar-refractivity contribution is 6.04. The summed E-state index contributed by atoms with van der Waals surface area (Å²) in [6, 6.07) is 13.1. The Kier molecular flexibility index (Phi) is 6.91. The molecule has 2 aromatic carbocycles. The van der Waals surface area contributed by atoms with Crippen molar-refractivity contribution in [2.75, 3.05) is 36.4 Å². The zero-order valence-corrected chi connectivity index (χ0v) is 18.3. The summed E-state index contributed by atoms with van der Waals surface area (Å²) in [5, 5.41) is 14.3. The minimum absolute atomic E-state index is 0.190. The van der Waals surface area contributed by atoms with E-state index >= 15 is 0 Å². The number of carboxylic acids is 1. The second-order valence-corrected chi connectivity index (χ2v) is 8.61. The van der Waals surface area contributed by atoms with Crippen LogP contribution in [0.4, 0.5) is 15.8 Å². The van der Waals surface area contributed by atoms with Gasteiger partial charge in [0.2, 0.25) is 5.91 Å². The quantitative estimate of drug-likeness (QED) is 0.752. The van der Waals surface area contributed by atoms with Crippen molar-refractivity contribution in [2.45, 2.75) is 25.7 Å². The van der Waals surface area contributed by atoms with Crippen LogP contribution in [0.1, 0.15) is 36.0 Å². The van der Waals surface area contributed by atoms with Gasteiger partial charge in [-0.25, -0.2) is 4.39 Å². The van der Waals surface area contributed by atoms with E-state index in [9.17, 15) is 23.9 Å². The van der Waals surface area contributed by atoms with Crippen molar-refractivity contribution in [3.63, 3.8) is 0 Å². The van der Waals surface area contributed by atoms with Crippen LogP contribution < -0.4 is 15.3 Å². The minimum atomic E-state index is -1.20. The molecule has 2 aromatic rings. The van der Waals surface area contributed by atoms with Gasteiger partial charge >= 0.3 is 0 Å². The molecule has 1 saturated carbocycles. The normalized spacial score (nSPS) is 20.9. The fourth-order valence-electron chi connectivity index (χ4n) is 4.72. The predicted octanol–water partition coefficient (Wildman–Crippen LogP) is 2.28. The van der Waals surface area contributed by atoms with Crippen molar-refractivity contribution < 1.29 is 23.9 Å². The van der Waals surface area contributed by atoms with Crippen LogP contribution in [0.3, 0.4) is 0 Å². The number of hydrogen-bond donors (Lipinski definition) is 1. The van der Waals surface area contributed by atoms with E-state index in [1.165, 1.54) is 12.1 Å². The summed E-state index contributed by atoms with van der Waals surface area (Å²) in [5.74, 6) is -3.52. The van der Waals surface area contributed by atoms with Gasteiger partial charge in [-0.05, 0) is 49.2 Å². The van der Waals surface area contributed by atoms with Gasteiger partial charge in [-0.2, -0.15) is 0 Å².